The minimum absolute atomic E-state index is 0.117. The first kappa shape index (κ1) is 15.5. The van der Waals surface area contributed by atoms with Gasteiger partial charge in [-0.3, -0.25) is 4.79 Å². The Morgan fingerprint density at radius 3 is 2.95 bits per heavy atom. The molecule has 1 amide bonds. The molecule has 6 nitrogen and oxygen atoms in total. The van der Waals surface area contributed by atoms with Crippen LogP contribution < -0.4 is 11.1 Å². The monoisotopic (exact) mass is 307 g/mol. The molecular weight excluding hydrogens is 290 g/mol. The molecule has 21 heavy (non-hydrogen) atoms. The first-order valence-corrected chi connectivity index (χ1v) is 7.11. The Kier molecular flexibility index (Phi) is 5.30. The van der Waals surface area contributed by atoms with Gasteiger partial charge in [0.2, 0.25) is 5.91 Å². The summed E-state index contributed by atoms with van der Waals surface area (Å²) in [5, 5.41) is 11.4. The van der Waals surface area contributed by atoms with Gasteiger partial charge in [-0.05, 0) is 25.1 Å². The smallest absolute Gasteiger partial charge is 0.242 e. The normalized spacial score (nSPS) is 12.1. The molecule has 2 rings (SSSR count). The first-order valence-electron chi connectivity index (χ1n) is 6.73. The van der Waals surface area contributed by atoms with Crippen molar-refractivity contribution in [3.8, 4) is 0 Å². The van der Waals surface area contributed by atoms with Crippen molar-refractivity contribution in [2.75, 3.05) is 6.54 Å². The summed E-state index contributed by atoms with van der Waals surface area (Å²) >= 11 is 6.11. The first-order chi connectivity index (χ1) is 10.1. The van der Waals surface area contributed by atoms with Gasteiger partial charge >= 0.3 is 0 Å². The van der Waals surface area contributed by atoms with E-state index in [4.69, 9.17) is 17.3 Å². The van der Waals surface area contributed by atoms with E-state index in [0.29, 0.717) is 18.0 Å². The molecule has 0 fully saturated rings. The third-order valence-corrected chi connectivity index (χ3v) is 3.39. The molecule has 0 bridgehead atoms. The standard InChI is InChI=1S/C14H18ClN5O/c1-10(12-4-2-3-5-13(12)15)17-14(21)9-20-8-11(6-7-16)18-19-20/h2-5,8,10H,6-7,9,16H2,1H3,(H,17,21). The third kappa shape index (κ3) is 4.27. The summed E-state index contributed by atoms with van der Waals surface area (Å²) in [6.07, 6.45) is 2.38. The molecule has 1 unspecified atom stereocenters. The predicted molar refractivity (Wildman–Crippen MR) is 80.8 cm³/mol. The highest BCUT2D eigenvalue weighted by atomic mass is 35.5. The summed E-state index contributed by atoms with van der Waals surface area (Å²) in [5.41, 5.74) is 7.11. The van der Waals surface area contributed by atoms with Gasteiger partial charge in [0.25, 0.3) is 0 Å². The Hall–Kier alpha value is -1.92. The Labute approximate surface area is 128 Å². The molecule has 0 spiro atoms. The number of rotatable bonds is 6. The van der Waals surface area contributed by atoms with Crippen LogP contribution >= 0.6 is 11.6 Å². The zero-order chi connectivity index (χ0) is 15.2. The molecule has 7 heteroatoms. The molecule has 1 aromatic heterocycles. The number of hydrogen-bond acceptors (Lipinski definition) is 4. The van der Waals surface area contributed by atoms with Crippen LogP contribution in [0.4, 0.5) is 0 Å². The van der Waals surface area contributed by atoms with Crippen LogP contribution in [0.5, 0.6) is 0 Å². The van der Waals surface area contributed by atoms with Crippen LogP contribution in [0.3, 0.4) is 0 Å². The molecule has 1 aromatic carbocycles. The lowest BCUT2D eigenvalue weighted by Crippen LogP contribution is -2.30. The van der Waals surface area contributed by atoms with E-state index in [2.05, 4.69) is 15.6 Å². The average molecular weight is 308 g/mol. The summed E-state index contributed by atoms with van der Waals surface area (Å²) < 4.78 is 1.50. The summed E-state index contributed by atoms with van der Waals surface area (Å²) in [5.74, 6) is -0.147. The highest BCUT2D eigenvalue weighted by Crippen LogP contribution is 2.21. The van der Waals surface area contributed by atoms with E-state index in [9.17, 15) is 4.79 Å². The van der Waals surface area contributed by atoms with Crippen molar-refractivity contribution < 1.29 is 4.79 Å². The number of halogens is 1. The minimum atomic E-state index is -0.168. The molecule has 3 N–H and O–H groups in total. The number of carbonyl (C=O) groups is 1. The zero-order valence-corrected chi connectivity index (χ0v) is 12.5. The summed E-state index contributed by atoms with van der Waals surface area (Å²) in [6.45, 7) is 2.51. The van der Waals surface area contributed by atoms with E-state index >= 15 is 0 Å². The predicted octanol–water partition coefficient (Wildman–Crippen LogP) is 1.31. The van der Waals surface area contributed by atoms with Gasteiger partial charge in [0.05, 0.1) is 11.7 Å². The Morgan fingerprint density at radius 2 is 2.24 bits per heavy atom. The van der Waals surface area contributed by atoms with E-state index in [-0.39, 0.29) is 18.5 Å². The fourth-order valence-electron chi connectivity index (χ4n) is 2.02. The summed E-state index contributed by atoms with van der Waals surface area (Å²) in [6, 6.07) is 7.27. The molecular formula is C14H18ClN5O. The number of benzene rings is 1. The van der Waals surface area contributed by atoms with Gasteiger partial charge in [0.1, 0.15) is 6.54 Å². The largest absolute Gasteiger partial charge is 0.348 e. The van der Waals surface area contributed by atoms with Gasteiger partial charge in [-0.1, -0.05) is 35.0 Å². The number of nitrogens with two attached hydrogens (primary N) is 1. The van der Waals surface area contributed by atoms with E-state index in [1.54, 1.807) is 12.3 Å². The molecule has 0 aliphatic heterocycles. The second-order valence-electron chi connectivity index (χ2n) is 4.76. The van der Waals surface area contributed by atoms with E-state index in [0.717, 1.165) is 11.3 Å². The van der Waals surface area contributed by atoms with Crippen molar-refractivity contribution in [1.29, 1.82) is 0 Å². The van der Waals surface area contributed by atoms with Crippen LogP contribution in [0.1, 0.15) is 24.2 Å². The number of carbonyl (C=O) groups excluding carboxylic acids is 1. The molecule has 0 aliphatic carbocycles. The number of nitrogens with one attached hydrogen (secondary N) is 1. The number of amides is 1. The van der Waals surface area contributed by atoms with Gasteiger partial charge in [-0.25, -0.2) is 4.68 Å². The Balaban J connectivity index is 1.93. The molecule has 112 valence electrons. The number of nitrogens with zero attached hydrogens (tertiary/aromatic N) is 3. The lowest BCUT2D eigenvalue weighted by atomic mass is 10.1. The van der Waals surface area contributed by atoms with E-state index in [1.165, 1.54) is 4.68 Å². The lowest BCUT2D eigenvalue weighted by Gasteiger charge is -2.15. The minimum Gasteiger partial charge on any atom is -0.348 e. The maximum Gasteiger partial charge on any atom is 0.242 e. The summed E-state index contributed by atoms with van der Waals surface area (Å²) in [7, 11) is 0. The molecule has 1 heterocycles. The highest BCUT2D eigenvalue weighted by Gasteiger charge is 2.13. The maximum absolute atomic E-state index is 12.0. The second-order valence-corrected chi connectivity index (χ2v) is 5.16. The molecule has 0 saturated heterocycles. The second kappa shape index (κ2) is 7.19. The van der Waals surface area contributed by atoms with Gasteiger partial charge in [-0.2, -0.15) is 0 Å². The van der Waals surface area contributed by atoms with E-state index < -0.39 is 0 Å². The topological polar surface area (TPSA) is 85.8 Å². The maximum atomic E-state index is 12.0. The van der Waals surface area contributed by atoms with Crippen molar-refractivity contribution >= 4 is 17.5 Å². The Bertz CT molecular complexity index is 613. The van der Waals surface area contributed by atoms with Crippen molar-refractivity contribution in [2.24, 2.45) is 5.73 Å². The van der Waals surface area contributed by atoms with Crippen LogP contribution in [-0.2, 0) is 17.8 Å². The van der Waals surface area contributed by atoms with Gasteiger partial charge in [0, 0.05) is 17.6 Å². The number of hydrogen-bond donors (Lipinski definition) is 2. The van der Waals surface area contributed by atoms with Crippen molar-refractivity contribution in [1.82, 2.24) is 20.3 Å². The Morgan fingerprint density at radius 1 is 1.48 bits per heavy atom. The van der Waals surface area contributed by atoms with Crippen LogP contribution in [0.15, 0.2) is 30.5 Å². The van der Waals surface area contributed by atoms with Crippen LogP contribution in [-0.4, -0.2) is 27.4 Å². The van der Waals surface area contributed by atoms with Crippen LogP contribution in [0.2, 0.25) is 5.02 Å². The molecule has 0 aliphatic rings. The average Bonchev–Trinajstić information content (AvgIpc) is 2.86. The number of aromatic nitrogens is 3. The van der Waals surface area contributed by atoms with Crippen molar-refractivity contribution in [3.63, 3.8) is 0 Å². The van der Waals surface area contributed by atoms with Crippen molar-refractivity contribution in [3.05, 3.63) is 46.7 Å². The quantitative estimate of drug-likeness (QED) is 0.842. The SMILES string of the molecule is CC(NC(=O)Cn1cc(CCN)nn1)c1ccccc1Cl. The molecule has 0 radical (unpaired) electrons. The molecule has 0 saturated carbocycles. The van der Waals surface area contributed by atoms with Crippen LogP contribution in [0.25, 0.3) is 0 Å². The van der Waals surface area contributed by atoms with Gasteiger partial charge < -0.3 is 11.1 Å². The van der Waals surface area contributed by atoms with Gasteiger partial charge in [-0.15, -0.1) is 5.10 Å². The molecule has 2 aromatic rings. The van der Waals surface area contributed by atoms with E-state index in [1.807, 2.05) is 25.1 Å². The van der Waals surface area contributed by atoms with Crippen LogP contribution in [0, 0.1) is 0 Å². The fourth-order valence-corrected chi connectivity index (χ4v) is 2.32. The molecule has 1 atom stereocenters. The van der Waals surface area contributed by atoms with Gasteiger partial charge in [0.15, 0.2) is 0 Å². The van der Waals surface area contributed by atoms with Crippen molar-refractivity contribution in [2.45, 2.75) is 25.9 Å². The third-order valence-electron chi connectivity index (χ3n) is 3.04. The summed E-state index contributed by atoms with van der Waals surface area (Å²) in [4.78, 5) is 12.0. The lowest BCUT2D eigenvalue weighted by molar-refractivity contribution is -0.122. The fraction of sp³-hybridized carbons (Fsp3) is 0.357. The highest BCUT2D eigenvalue weighted by molar-refractivity contribution is 6.31. The zero-order valence-electron chi connectivity index (χ0n) is 11.8.